The fourth-order valence-electron chi connectivity index (χ4n) is 6.85. The molecule has 0 saturated carbocycles. The Kier molecular flexibility index (Phi) is 6.82. The van der Waals surface area contributed by atoms with Gasteiger partial charge in [0, 0.05) is 37.5 Å². The van der Waals surface area contributed by atoms with E-state index >= 15 is 4.39 Å². The van der Waals surface area contributed by atoms with Crippen molar-refractivity contribution in [1.82, 2.24) is 25.4 Å². The highest BCUT2D eigenvalue weighted by Gasteiger charge is 2.58. The number of halogens is 1. The molecule has 5 aliphatic heterocycles. The smallest absolute Gasteiger partial charge is 0.243 e. The van der Waals surface area contributed by atoms with Gasteiger partial charge in [0.25, 0.3) is 0 Å². The zero-order valence-corrected chi connectivity index (χ0v) is 22.0. The summed E-state index contributed by atoms with van der Waals surface area (Å²) in [4.78, 5) is 13.4. The molecule has 4 saturated heterocycles. The van der Waals surface area contributed by atoms with E-state index in [1.165, 1.54) is 0 Å². The van der Waals surface area contributed by atoms with Crippen LogP contribution in [0.25, 0.3) is 0 Å². The van der Waals surface area contributed by atoms with Gasteiger partial charge in [-0.05, 0) is 62.5 Å². The van der Waals surface area contributed by atoms with Crippen molar-refractivity contribution in [3.63, 3.8) is 0 Å². The van der Waals surface area contributed by atoms with E-state index in [1.54, 1.807) is 16.4 Å². The quantitative estimate of drug-likeness (QED) is 0.413. The summed E-state index contributed by atoms with van der Waals surface area (Å²) in [5.74, 6) is -0.651. The number of carbonyl (C=O) groups excluding carboxylic acids is 1. The maximum Gasteiger partial charge on any atom is 0.243 e. The van der Waals surface area contributed by atoms with E-state index in [1.807, 2.05) is 11.1 Å². The van der Waals surface area contributed by atoms with Crippen molar-refractivity contribution in [1.29, 1.82) is 5.26 Å². The average Bonchev–Trinajstić information content (AvgIpc) is 3.41. The first-order valence-corrected chi connectivity index (χ1v) is 14.8. The number of benzene rings is 1. The van der Waals surface area contributed by atoms with E-state index in [9.17, 15) is 18.5 Å². The first kappa shape index (κ1) is 25.9. The van der Waals surface area contributed by atoms with Crippen LogP contribution < -0.4 is 21.4 Å². The predicted molar refractivity (Wildman–Crippen MR) is 136 cm³/mol. The van der Waals surface area contributed by atoms with Crippen molar-refractivity contribution in [3.8, 4) is 6.07 Å². The fraction of sp³-hybridized carbons (Fsp3) is 0.680. The van der Waals surface area contributed by atoms with Gasteiger partial charge in [0.05, 0.1) is 35.4 Å². The maximum atomic E-state index is 15.4. The molecule has 1 amide bonds. The SMILES string of the molecule is N#CC[C@]1(N2NC(Nc3ccc4c(c3)CN(C3CCNCC3)S4(=O)=O)C3C(=O)NCCC32)CCOC[C@H]1F. The summed E-state index contributed by atoms with van der Waals surface area (Å²) in [5, 5.41) is 21.0. The number of ether oxygens (including phenoxy) is 1. The Labute approximate surface area is 222 Å². The number of hydrogen-bond acceptors (Lipinski definition) is 9. The molecule has 38 heavy (non-hydrogen) atoms. The molecule has 6 rings (SSSR count). The maximum absolute atomic E-state index is 15.4. The van der Waals surface area contributed by atoms with Crippen molar-refractivity contribution < 1.29 is 22.3 Å². The highest BCUT2D eigenvalue weighted by Crippen LogP contribution is 2.42. The second-order valence-electron chi connectivity index (χ2n) is 10.9. The molecule has 4 N–H and O–H groups in total. The lowest BCUT2D eigenvalue weighted by Crippen LogP contribution is -2.65. The molecule has 1 aromatic carbocycles. The molecule has 4 fully saturated rings. The number of nitrogens with zero attached hydrogens (tertiary/aromatic N) is 3. The number of alkyl halides is 1. The minimum Gasteiger partial charge on any atom is -0.378 e. The molecule has 0 radical (unpaired) electrons. The van der Waals surface area contributed by atoms with Gasteiger partial charge in [0.2, 0.25) is 15.9 Å². The lowest BCUT2D eigenvalue weighted by Gasteiger charge is -2.48. The van der Waals surface area contributed by atoms with Gasteiger partial charge in [-0.3, -0.25) is 4.79 Å². The Balaban J connectivity index is 1.27. The van der Waals surface area contributed by atoms with Crippen LogP contribution in [0.3, 0.4) is 0 Å². The first-order valence-electron chi connectivity index (χ1n) is 13.4. The van der Waals surface area contributed by atoms with Crippen molar-refractivity contribution >= 4 is 21.6 Å². The Morgan fingerprint density at radius 1 is 1.24 bits per heavy atom. The number of hydrazine groups is 1. The summed E-state index contributed by atoms with van der Waals surface area (Å²) in [6.07, 6.45) is 0.574. The monoisotopic (exact) mass is 547 g/mol. The zero-order chi connectivity index (χ0) is 26.5. The van der Waals surface area contributed by atoms with E-state index in [-0.39, 0.29) is 31.0 Å². The number of anilines is 1. The van der Waals surface area contributed by atoms with Gasteiger partial charge in [0.15, 0.2) is 0 Å². The summed E-state index contributed by atoms with van der Waals surface area (Å²) in [6.45, 7) is 2.65. The number of nitriles is 1. The van der Waals surface area contributed by atoms with Crippen LogP contribution in [-0.2, 0) is 26.1 Å². The molecule has 1 aromatic rings. The molecule has 11 nitrogen and oxygen atoms in total. The molecule has 206 valence electrons. The zero-order valence-electron chi connectivity index (χ0n) is 21.2. The number of rotatable bonds is 5. The van der Waals surface area contributed by atoms with E-state index in [0.29, 0.717) is 43.1 Å². The second kappa shape index (κ2) is 10.0. The third kappa shape index (κ3) is 4.18. The van der Waals surface area contributed by atoms with Crippen LogP contribution in [-0.4, -0.2) is 86.4 Å². The summed E-state index contributed by atoms with van der Waals surface area (Å²) in [5.41, 5.74) is 3.67. The van der Waals surface area contributed by atoms with Crippen molar-refractivity contribution in [2.45, 2.75) is 73.5 Å². The third-order valence-corrected chi connectivity index (χ3v) is 10.8. The Morgan fingerprint density at radius 2 is 2.05 bits per heavy atom. The van der Waals surface area contributed by atoms with E-state index in [4.69, 9.17) is 4.74 Å². The number of fused-ring (bicyclic) bond motifs is 2. The number of piperidine rings is 2. The Bertz CT molecular complexity index is 1240. The minimum absolute atomic E-state index is 0.0220. The van der Waals surface area contributed by atoms with Crippen molar-refractivity contribution in [2.24, 2.45) is 5.92 Å². The van der Waals surface area contributed by atoms with Gasteiger partial charge in [-0.25, -0.2) is 23.2 Å². The van der Waals surface area contributed by atoms with Gasteiger partial charge in [-0.15, -0.1) is 0 Å². The number of carbonyl (C=O) groups is 1. The second-order valence-corrected chi connectivity index (χ2v) is 12.7. The molecule has 0 bridgehead atoms. The van der Waals surface area contributed by atoms with Crippen LogP contribution in [0.2, 0.25) is 0 Å². The molecule has 5 atom stereocenters. The van der Waals surface area contributed by atoms with Gasteiger partial charge in [0.1, 0.15) is 12.3 Å². The Morgan fingerprint density at radius 3 is 2.82 bits per heavy atom. The summed E-state index contributed by atoms with van der Waals surface area (Å²) < 4.78 is 48.9. The third-order valence-electron chi connectivity index (χ3n) is 8.83. The lowest BCUT2D eigenvalue weighted by atomic mass is 9.81. The van der Waals surface area contributed by atoms with Crippen LogP contribution in [0.15, 0.2) is 23.1 Å². The Hall–Kier alpha value is -2.34. The molecule has 0 spiro atoms. The fourth-order valence-corrected chi connectivity index (χ4v) is 8.71. The van der Waals surface area contributed by atoms with Crippen molar-refractivity contribution in [2.75, 3.05) is 38.2 Å². The lowest BCUT2D eigenvalue weighted by molar-refractivity contribution is -0.133. The molecule has 5 aliphatic rings. The van der Waals surface area contributed by atoms with Crippen molar-refractivity contribution in [3.05, 3.63) is 23.8 Å². The average molecular weight is 548 g/mol. The van der Waals surface area contributed by atoms with Gasteiger partial charge < -0.3 is 20.7 Å². The number of sulfonamides is 1. The highest BCUT2D eigenvalue weighted by atomic mass is 32.2. The molecule has 0 aromatic heterocycles. The van der Waals surface area contributed by atoms with Gasteiger partial charge in [-0.1, -0.05) is 0 Å². The molecular formula is C25H34FN7O4S. The molecule has 0 aliphatic carbocycles. The summed E-state index contributed by atoms with van der Waals surface area (Å²) >= 11 is 0. The van der Waals surface area contributed by atoms with E-state index < -0.39 is 33.8 Å². The number of amides is 1. The van der Waals surface area contributed by atoms with Crippen LogP contribution in [0, 0.1) is 17.2 Å². The molecule has 13 heteroatoms. The predicted octanol–water partition coefficient (Wildman–Crippen LogP) is 0.417. The molecular weight excluding hydrogens is 513 g/mol. The summed E-state index contributed by atoms with van der Waals surface area (Å²) in [7, 11) is -3.56. The number of nitrogens with one attached hydrogen (secondary N) is 4. The van der Waals surface area contributed by atoms with E-state index in [2.05, 4.69) is 27.4 Å². The first-order chi connectivity index (χ1) is 18.3. The number of hydrogen-bond donors (Lipinski definition) is 4. The van der Waals surface area contributed by atoms with E-state index in [0.717, 1.165) is 31.5 Å². The van der Waals surface area contributed by atoms with Crippen LogP contribution >= 0.6 is 0 Å². The van der Waals surface area contributed by atoms with Gasteiger partial charge in [-0.2, -0.15) is 9.57 Å². The topological polar surface area (TPSA) is 139 Å². The molecule has 5 heterocycles. The largest absolute Gasteiger partial charge is 0.378 e. The summed E-state index contributed by atoms with van der Waals surface area (Å²) in [6, 6.07) is 7.04. The van der Waals surface area contributed by atoms with Crippen LogP contribution in [0.5, 0.6) is 0 Å². The minimum atomic E-state index is -3.56. The van der Waals surface area contributed by atoms with Crippen LogP contribution in [0.4, 0.5) is 10.1 Å². The standard InChI is InChI=1S/C25H34FN7O4S/c26-21-15-37-12-7-25(21,6-8-27)33-19-5-11-29-24(34)22(19)23(31-33)30-17-1-2-20-16(13-17)14-32(38(20,35)36)18-3-9-28-10-4-18/h1-2,13,18-19,21-23,28,30-31H,3-7,9-12,14-15H2,(H,29,34)/t19?,21-,22?,23?,25+/m1/s1. The molecule has 3 unspecified atom stereocenters. The van der Waals surface area contributed by atoms with Gasteiger partial charge >= 0.3 is 0 Å². The van der Waals surface area contributed by atoms with Crippen LogP contribution in [0.1, 0.15) is 37.7 Å². The normalized spacial score (nSPS) is 35.7. The highest BCUT2D eigenvalue weighted by molar-refractivity contribution is 7.89.